The minimum absolute atomic E-state index is 0.274. The molecule has 1 atom stereocenters. The van der Waals surface area contributed by atoms with Gasteiger partial charge in [-0.15, -0.1) is 11.3 Å². The van der Waals surface area contributed by atoms with Gasteiger partial charge in [0.05, 0.1) is 0 Å². The van der Waals surface area contributed by atoms with E-state index in [1.54, 1.807) is 29.6 Å². The van der Waals surface area contributed by atoms with Gasteiger partial charge in [-0.1, -0.05) is 24.3 Å². The quantitative estimate of drug-likeness (QED) is 0.933. The molecule has 1 fully saturated rings. The van der Waals surface area contributed by atoms with Crippen LogP contribution in [0.1, 0.15) is 12.8 Å². The highest BCUT2D eigenvalue weighted by Crippen LogP contribution is 2.29. The van der Waals surface area contributed by atoms with Crippen LogP contribution < -0.4 is 5.32 Å². The Bertz CT molecular complexity index is 742. The van der Waals surface area contributed by atoms with Crippen LogP contribution in [0.5, 0.6) is 0 Å². The molecule has 22 heavy (non-hydrogen) atoms. The molecule has 1 N–H and O–H groups in total. The minimum atomic E-state index is -3.59. The van der Waals surface area contributed by atoms with Crippen LogP contribution >= 0.6 is 11.3 Å². The number of benzene rings is 1. The van der Waals surface area contributed by atoms with E-state index in [2.05, 4.69) is 5.32 Å². The molecule has 5 nitrogen and oxygen atoms in total. The number of para-hydroxylation sites is 1. The Kier molecular flexibility index (Phi) is 4.28. The van der Waals surface area contributed by atoms with Crippen LogP contribution in [0.4, 0.5) is 5.69 Å². The Hall–Kier alpha value is -1.70. The van der Waals surface area contributed by atoms with Crippen molar-refractivity contribution in [3.8, 4) is 0 Å². The number of thiophene rings is 1. The van der Waals surface area contributed by atoms with Crippen LogP contribution in [0, 0.1) is 0 Å². The van der Waals surface area contributed by atoms with Crippen LogP contribution in [0.25, 0.3) is 0 Å². The molecule has 0 aliphatic carbocycles. The first-order valence-electron chi connectivity index (χ1n) is 7.00. The van der Waals surface area contributed by atoms with Crippen molar-refractivity contribution < 1.29 is 13.2 Å². The monoisotopic (exact) mass is 336 g/mol. The Morgan fingerprint density at radius 3 is 2.64 bits per heavy atom. The summed E-state index contributed by atoms with van der Waals surface area (Å²) >= 11 is 1.17. The van der Waals surface area contributed by atoms with E-state index in [0.717, 1.165) is 0 Å². The van der Waals surface area contributed by atoms with Gasteiger partial charge in [0.25, 0.3) is 10.0 Å². The third-order valence-electron chi connectivity index (χ3n) is 3.61. The molecule has 7 heteroatoms. The van der Waals surface area contributed by atoms with Crippen molar-refractivity contribution in [1.29, 1.82) is 0 Å². The first kappa shape index (κ1) is 15.2. The first-order chi connectivity index (χ1) is 10.6. The summed E-state index contributed by atoms with van der Waals surface area (Å²) in [5.74, 6) is -0.274. The number of anilines is 1. The van der Waals surface area contributed by atoms with Crippen LogP contribution in [-0.2, 0) is 14.8 Å². The maximum atomic E-state index is 12.6. The lowest BCUT2D eigenvalue weighted by Crippen LogP contribution is -2.42. The van der Waals surface area contributed by atoms with Crippen molar-refractivity contribution in [3.05, 3.63) is 47.8 Å². The van der Waals surface area contributed by atoms with Gasteiger partial charge in [-0.25, -0.2) is 8.42 Å². The van der Waals surface area contributed by atoms with Crippen LogP contribution in [-0.4, -0.2) is 31.2 Å². The molecular weight excluding hydrogens is 320 g/mol. The maximum absolute atomic E-state index is 12.6. The van der Waals surface area contributed by atoms with Crippen molar-refractivity contribution >= 4 is 33.0 Å². The summed E-state index contributed by atoms with van der Waals surface area (Å²) in [4.78, 5) is 12.4. The predicted octanol–water partition coefficient (Wildman–Crippen LogP) is 2.54. The van der Waals surface area contributed by atoms with Gasteiger partial charge in [-0.3, -0.25) is 4.79 Å². The second-order valence-corrected chi connectivity index (χ2v) is 8.13. The highest BCUT2D eigenvalue weighted by atomic mass is 32.2. The Morgan fingerprint density at radius 1 is 1.18 bits per heavy atom. The molecule has 2 aromatic rings. The highest BCUT2D eigenvalue weighted by Gasteiger charge is 2.39. The number of rotatable bonds is 4. The Balaban J connectivity index is 1.80. The van der Waals surface area contributed by atoms with E-state index < -0.39 is 16.1 Å². The van der Waals surface area contributed by atoms with Crippen LogP contribution in [0.3, 0.4) is 0 Å². The summed E-state index contributed by atoms with van der Waals surface area (Å²) < 4.78 is 26.8. The Morgan fingerprint density at radius 2 is 1.95 bits per heavy atom. The number of nitrogens with one attached hydrogen (secondary N) is 1. The highest BCUT2D eigenvalue weighted by molar-refractivity contribution is 7.91. The van der Waals surface area contributed by atoms with Crippen molar-refractivity contribution in [2.75, 3.05) is 11.9 Å². The molecule has 0 spiro atoms. The van der Waals surface area contributed by atoms with Crippen molar-refractivity contribution in [2.24, 2.45) is 0 Å². The fraction of sp³-hybridized carbons (Fsp3) is 0.267. The number of carbonyl (C=O) groups is 1. The van der Waals surface area contributed by atoms with Gasteiger partial charge in [0, 0.05) is 12.2 Å². The summed E-state index contributed by atoms with van der Waals surface area (Å²) in [6.07, 6.45) is 1.24. The first-order valence-corrected chi connectivity index (χ1v) is 9.32. The molecule has 1 aromatic carbocycles. The zero-order valence-electron chi connectivity index (χ0n) is 11.8. The van der Waals surface area contributed by atoms with Crippen molar-refractivity contribution in [2.45, 2.75) is 23.1 Å². The van der Waals surface area contributed by atoms with Crippen molar-refractivity contribution in [1.82, 2.24) is 4.31 Å². The van der Waals surface area contributed by atoms with Gasteiger partial charge in [-0.2, -0.15) is 4.31 Å². The molecule has 1 aliphatic rings. The normalized spacial score (nSPS) is 19.2. The summed E-state index contributed by atoms with van der Waals surface area (Å²) in [6, 6.07) is 11.7. The molecule has 0 radical (unpaired) electrons. The topological polar surface area (TPSA) is 66.5 Å². The average Bonchev–Trinajstić information content (AvgIpc) is 3.20. The second-order valence-electron chi connectivity index (χ2n) is 5.06. The number of nitrogens with zero attached hydrogens (tertiary/aromatic N) is 1. The third-order valence-corrected chi connectivity index (χ3v) is 6.89. The second kappa shape index (κ2) is 6.20. The summed E-state index contributed by atoms with van der Waals surface area (Å²) in [7, 11) is -3.59. The molecule has 1 aromatic heterocycles. The Labute approximate surface area is 133 Å². The van der Waals surface area contributed by atoms with E-state index in [1.165, 1.54) is 15.6 Å². The SMILES string of the molecule is O=C(Nc1ccccc1)[C@@H]1CCCN1S(=O)(=O)c1cccs1. The maximum Gasteiger partial charge on any atom is 0.253 e. The van der Waals surface area contributed by atoms with E-state index in [-0.39, 0.29) is 10.1 Å². The van der Waals surface area contributed by atoms with Crippen molar-refractivity contribution in [3.63, 3.8) is 0 Å². The molecule has 2 heterocycles. The number of hydrogen-bond acceptors (Lipinski definition) is 4. The van der Waals surface area contributed by atoms with Gasteiger partial charge < -0.3 is 5.32 Å². The van der Waals surface area contributed by atoms with Gasteiger partial charge in [0.2, 0.25) is 5.91 Å². The van der Waals surface area contributed by atoms with E-state index in [0.29, 0.717) is 25.1 Å². The largest absolute Gasteiger partial charge is 0.325 e. The minimum Gasteiger partial charge on any atom is -0.325 e. The van der Waals surface area contributed by atoms with Crippen LogP contribution in [0.15, 0.2) is 52.1 Å². The number of amides is 1. The zero-order chi connectivity index (χ0) is 15.6. The van der Waals surface area contributed by atoms with Gasteiger partial charge in [-0.05, 0) is 36.4 Å². The molecular formula is C15H16N2O3S2. The lowest BCUT2D eigenvalue weighted by molar-refractivity contribution is -0.119. The van der Waals surface area contributed by atoms with Gasteiger partial charge in [0.15, 0.2) is 0 Å². The number of carbonyl (C=O) groups excluding carboxylic acids is 1. The standard InChI is InChI=1S/C15H16N2O3S2/c18-15(16-12-6-2-1-3-7-12)13-8-4-10-17(13)22(19,20)14-9-5-11-21-14/h1-3,5-7,9,11,13H,4,8,10H2,(H,16,18)/t13-/m0/s1. The van der Waals surface area contributed by atoms with E-state index >= 15 is 0 Å². The fourth-order valence-corrected chi connectivity index (χ4v) is 5.34. The molecule has 116 valence electrons. The van der Waals surface area contributed by atoms with Crippen LogP contribution in [0.2, 0.25) is 0 Å². The van der Waals surface area contributed by atoms with E-state index in [9.17, 15) is 13.2 Å². The number of sulfonamides is 1. The molecule has 0 saturated carbocycles. The van der Waals surface area contributed by atoms with Gasteiger partial charge in [0.1, 0.15) is 10.3 Å². The average molecular weight is 336 g/mol. The summed E-state index contributed by atoms with van der Waals surface area (Å²) in [5.41, 5.74) is 0.674. The third kappa shape index (κ3) is 2.92. The lowest BCUT2D eigenvalue weighted by Gasteiger charge is -2.22. The molecule has 1 aliphatic heterocycles. The number of hydrogen-bond donors (Lipinski definition) is 1. The lowest BCUT2D eigenvalue weighted by atomic mass is 10.2. The van der Waals surface area contributed by atoms with E-state index in [1.807, 2.05) is 18.2 Å². The fourth-order valence-electron chi connectivity index (χ4n) is 2.56. The zero-order valence-corrected chi connectivity index (χ0v) is 13.4. The predicted molar refractivity (Wildman–Crippen MR) is 86.3 cm³/mol. The molecule has 0 unspecified atom stereocenters. The van der Waals surface area contributed by atoms with E-state index in [4.69, 9.17) is 0 Å². The van der Waals surface area contributed by atoms with Gasteiger partial charge >= 0.3 is 0 Å². The molecule has 1 amide bonds. The molecule has 3 rings (SSSR count). The smallest absolute Gasteiger partial charge is 0.253 e. The summed E-state index contributed by atoms with van der Waals surface area (Å²) in [5, 5.41) is 4.51. The molecule has 1 saturated heterocycles. The molecule has 0 bridgehead atoms. The summed E-state index contributed by atoms with van der Waals surface area (Å²) in [6.45, 7) is 0.382.